The summed E-state index contributed by atoms with van der Waals surface area (Å²) >= 11 is 0. The second-order valence-electron chi connectivity index (χ2n) is 7.30. The van der Waals surface area contributed by atoms with Crippen molar-refractivity contribution in [1.82, 2.24) is 19.8 Å². The molecule has 1 aromatic carbocycles. The van der Waals surface area contributed by atoms with Crippen molar-refractivity contribution in [2.75, 3.05) is 29.4 Å². The SMILES string of the molecule is CCN(C(=O)C1CCN(c2ccc3nnc(C(F)(F)F)n3n2)CC1)c1ccc(F)cc1. The molecular weight excluding hydrogens is 416 g/mol. The minimum absolute atomic E-state index is 0.0130. The number of aromatic nitrogens is 4. The zero-order valence-corrected chi connectivity index (χ0v) is 16.7. The molecule has 0 aliphatic carbocycles. The van der Waals surface area contributed by atoms with Crippen molar-refractivity contribution >= 4 is 23.1 Å². The topological polar surface area (TPSA) is 66.6 Å². The monoisotopic (exact) mass is 436 g/mol. The zero-order chi connectivity index (χ0) is 22.2. The maximum absolute atomic E-state index is 13.2. The van der Waals surface area contributed by atoms with Gasteiger partial charge in [0.25, 0.3) is 5.82 Å². The number of hydrogen-bond acceptors (Lipinski definition) is 5. The summed E-state index contributed by atoms with van der Waals surface area (Å²) in [4.78, 5) is 16.5. The molecule has 1 aliphatic rings. The van der Waals surface area contributed by atoms with Crippen LogP contribution in [-0.4, -0.2) is 45.4 Å². The highest BCUT2D eigenvalue weighted by atomic mass is 19.4. The molecule has 1 aliphatic heterocycles. The van der Waals surface area contributed by atoms with Crippen LogP contribution in [-0.2, 0) is 11.0 Å². The average molecular weight is 436 g/mol. The zero-order valence-electron chi connectivity index (χ0n) is 16.7. The van der Waals surface area contributed by atoms with E-state index in [1.54, 1.807) is 23.1 Å². The molecule has 0 atom stereocenters. The number of amides is 1. The second kappa shape index (κ2) is 8.12. The second-order valence-corrected chi connectivity index (χ2v) is 7.30. The molecule has 1 saturated heterocycles. The number of nitrogens with zero attached hydrogens (tertiary/aromatic N) is 6. The highest BCUT2D eigenvalue weighted by molar-refractivity contribution is 5.95. The summed E-state index contributed by atoms with van der Waals surface area (Å²) in [5.74, 6) is -1.45. The molecule has 2 aromatic heterocycles. The Morgan fingerprint density at radius 3 is 2.39 bits per heavy atom. The van der Waals surface area contributed by atoms with E-state index in [1.165, 1.54) is 18.2 Å². The van der Waals surface area contributed by atoms with Gasteiger partial charge in [0.05, 0.1) is 0 Å². The van der Waals surface area contributed by atoms with Gasteiger partial charge in [-0.3, -0.25) is 4.79 Å². The molecule has 0 spiro atoms. The summed E-state index contributed by atoms with van der Waals surface area (Å²) in [7, 11) is 0. The molecule has 0 N–H and O–H groups in total. The van der Waals surface area contributed by atoms with Gasteiger partial charge in [0.1, 0.15) is 11.6 Å². The number of benzene rings is 1. The first-order chi connectivity index (χ1) is 14.8. The van der Waals surface area contributed by atoms with Gasteiger partial charge in [-0.2, -0.15) is 17.7 Å². The van der Waals surface area contributed by atoms with E-state index in [1.807, 2.05) is 11.8 Å². The van der Waals surface area contributed by atoms with Gasteiger partial charge < -0.3 is 9.80 Å². The Morgan fingerprint density at radius 2 is 1.77 bits per heavy atom. The lowest BCUT2D eigenvalue weighted by atomic mass is 9.95. The molecule has 4 rings (SSSR count). The molecule has 7 nitrogen and oxygen atoms in total. The standard InChI is InChI=1S/C20H20F4N6O/c1-2-29(15-5-3-14(21)4-6-15)18(31)13-9-11-28(12-10-13)17-8-7-16-25-26-19(20(22,23)24)30(16)27-17/h3-8,13H,2,9-12H2,1H3. The van der Waals surface area contributed by atoms with Gasteiger partial charge in [0, 0.05) is 31.2 Å². The Kier molecular flexibility index (Phi) is 5.50. The number of carbonyl (C=O) groups is 1. The maximum Gasteiger partial charge on any atom is 0.453 e. The van der Waals surface area contributed by atoms with Gasteiger partial charge in [0.2, 0.25) is 5.91 Å². The number of alkyl halides is 3. The summed E-state index contributed by atoms with van der Waals surface area (Å²) in [5.41, 5.74) is 0.648. The number of carbonyl (C=O) groups excluding carboxylic acids is 1. The minimum atomic E-state index is -4.66. The number of halogens is 4. The smallest absolute Gasteiger partial charge is 0.355 e. The molecule has 3 aromatic rings. The summed E-state index contributed by atoms with van der Waals surface area (Å²) in [6, 6.07) is 8.81. The van der Waals surface area contributed by atoms with Crippen LogP contribution in [0.15, 0.2) is 36.4 Å². The van der Waals surface area contributed by atoms with Crippen molar-refractivity contribution in [2.45, 2.75) is 25.9 Å². The minimum Gasteiger partial charge on any atom is -0.355 e. The predicted molar refractivity (Wildman–Crippen MR) is 105 cm³/mol. The number of anilines is 2. The fraction of sp³-hybridized carbons (Fsp3) is 0.400. The van der Waals surface area contributed by atoms with E-state index < -0.39 is 12.0 Å². The lowest BCUT2D eigenvalue weighted by Crippen LogP contribution is -2.43. The maximum atomic E-state index is 13.2. The van der Waals surface area contributed by atoms with E-state index in [-0.39, 0.29) is 23.3 Å². The van der Waals surface area contributed by atoms with E-state index in [4.69, 9.17) is 0 Å². The van der Waals surface area contributed by atoms with Gasteiger partial charge in [-0.15, -0.1) is 15.3 Å². The van der Waals surface area contributed by atoms with Crippen LogP contribution in [0.3, 0.4) is 0 Å². The first-order valence-electron chi connectivity index (χ1n) is 9.89. The van der Waals surface area contributed by atoms with E-state index in [0.29, 0.717) is 48.5 Å². The number of rotatable bonds is 4. The lowest BCUT2D eigenvalue weighted by Gasteiger charge is -2.34. The first-order valence-corrected chi connectivity index (χ1v) is 9.89. The largest absolute Gasteiger partial charge is 0.453 e. The molecule has 1 fully saturated rings. The summed E-state index contributed by atoms with van der Waals surface area (Å²) in [6.07, 6.45) is -3.59. The highest BCUT2D eigenvalue weighted by Crippen LogP contribution is 2.29. The highest BCUT2D eigenvalue weighted by Gasteiger charge is 2.38. The van der Waals surface area contributed by atoms with Gasteiger partial charge in [-0.25, -0.2) is 4.39 Å². The Bertz CT molecular complexity index is 1070. The third-order valence-corrected chi connectivity index (χ3v) is 5.39. The quantitative estimate of drug-likeness (QED) is 0.586. The predicted octanol–water partition coefficient (Wildman–Crippen LogP) is 3.55. The van der Waals surface area contributed by atoms with Crippen LogP contribution in [0.25, 0.3) is 5.65 Å². The molecule has 1 amide bonds. The molecule has 0 saturated carbocycles. The van der Waals surface area contributed by atoms with Crippen molar-refractivity contribution in [1.29, 1.82) is 0 Å². The molecule has 164 valence electrons. The normalized spacial score (nSPS) is 15.5. The summed E-state index contributed by atoms with van der Waals surface area (Å²) < 4.78 is 53.2. The van der Waals surface area contributed by atoms with Crippen LogP contribution < -0.4 is 9.80 Å². The van der Waals surface area contributed by atoms with E-state index in [9.17, 15) is 22.4 Å². The van der Waals surface area contributed by atoms with Crippen LogP contribution in [0.4, 0.5) is 29.1 Å². The van der Waals surface area contributed by atoms with Gasteiger partial charge in [-0.05, 0) is 56.2 Å². The number of hydrogen-bond donors (Lipinski definition) is 0. The molecule has 0 unspecified atom stereocenters. The molecule has 11 heteroatoms. The van der Waals surface area contributed by atoms with Crippen LogP contribution in [0.2, 0.25) is 0 Å². The molecule has 0 bridgehead atoms. The number of piperidine rings is 1. The van der Waals surface area contributed by atoms with Crippen LogP contribution in [0.1, 0.15) is 25.6 Å². The van der Waals surface area contributed by atoms with Crippen molar-refractivity contribution in [3.05, 3.63) is 48.0 Å². The van der Waals surface area contributed by atoms with E-state index in [0.717, 1.165) is 0 Å². The molecular formula is C20H20F4N6O. The Morgan fingerprint density at radius 1 is 1.10 bits per heavy atom. The van der Waals surface area contributed by atoms with Crippen molar-refractivity contribution < 1.29 is 22.4 Å². The first kappa shape index (κ1) is 21.0. The van der Waals surface area contributed by atoms with Gasteiger partial charge in [0.15, 0.2) is 5.65 Å². The molecule has 0 radical (unpaired) electrons. The van der Waals surface area contributed by atoms with Crippen molar-refractivity contribution in [2.24, 2.45) is 5.92 Å². The molecule has 31 heavy (non-hydrogen) atoms. The van der Waals surface area contributed by atoms with Crippen LogP contribution in [0.5, 0.6) is 0 Å². The fourth-order valence-electron chi connectivity index (χ4n) is 3.79. The van der Waals surface area contributed by atoms with Crippen LogP contribution >= 0.6 is 0 Å². The Hall–Kier alpha value is -3.24. The average Bonchev–Trinajstić information content (AvgIpc) is 3.19. The van der Waals surface area contributed by atoms with E-state index in [2.05, 4.69) is 15.3 Å². The van der Waals surface area contributed by atoms with E-state index >= 15 is 0 Å². The fourth-order valence-corrected chi connectivity index (χ4v) is 3.79. The Balaban J connectivity index is 1.47. The lowest BCUT2D eigenvalue weighted by molar-refractivity contribution is -0.146. The third kappa shape index (κ3) is 4.17. The van der Waals surface area contributed by atoms with Gasteiger partial charge in [-0.1, -0.05) is 0 Å². The third-order valence-electron chi connectivity index (χ3n) is 5.39. The van der Waals surface area contributed by atoms with Crippen molar-refractivity contribution in [3.63, 3.8) is 0 Å². The Labute approximate surface area is 175 Å². The summed E-state index contributed by atoms with van der Waals surface area (Å²) in [5, 5.41) is 10.8. The van der Waals surface area contributed by atoms with Crippen LogP contribution in [0, 0.1) is 11.7 Å². The summed E-state index contributed by atoms with van der Waals surface area (Å²) in [6.45, 7) is 3.25. The molecule has 3 heterocycles. The van der Waals surface area contributed by atoms with Crippen molar-refractivity contribution in [3.8, 4) is 0 Å². The number of fused-ring (bicyclic) bond motifs is 1. The van der Waals surface area contributed by atoms with Gasteiger partial charge >= 0.3 is 6.18 Å².